The number of aliphatic hydroxyl groups excluding tert-OH is 1. The lowest BCUT2D eigenvalue weighted by Gasteiger charge is -2.14. The Balaban J connectivity index is 2.08. The molecule has 1 aliphatic heterocycles. The van der Waals surface area contributed by atoms with E-state index in [4.69, 9.17) is 4.74 Å². The number of ether oxygens (including phenoxy) is 1. The van der Waals surface area contributed by atoms with Crippen molar-refractivity contribution in [1.29, 1.82) is 0 Å². The summed E-state index contributed by atoms with van der Waals surface area (Å²) in [5.74, 6) is 0.217. The van der Waals surface area contributed by atoms with Gasteiger partial charge in [0.05, 0.1) is 17.6 Å². The highest BCUT2D eigenvalue weighted by atomic mass is 32.2. The maximum Gasteiger partial charge on any atom is 0.242 e. The second-order valence-corrected chi connectivity index (χ2v) is 7.26. The van der Waals surface area contributed by atoms with Gasteiger partial charge in [0.25, 0.3) is 0 Å². The lowest BCUT2D eigenvalue weighted by Crippen LogP contribution is -2.31. The van der Waals surface area contributed by atoms with Crippen molar-refractivity contribution < 1.29 is 18.3 Å². The van der Waals surface area contributed by atoms with Gasteiger partial charge in [-0.2, -0.15) is 0 Å². The van der Waals surface area contributed by atoms with Gasteiger partial charge in [0, 0.05) is 37.5 Å². The average Bonchev–Trinajstić information content (AvgIpc) is 3.04. The molecular weight excluding hydrogens is 292 g/mol. The number of sulfonamides is 1. The Morgan fingerprint density at radius 3 is 2.86 bits per heavy atom. The monoisotopic (exact) mass is 316 g/mol. The van der Waals surface area contributed by atoms with E-state index in [9.17, 15) is 13.5 Å². The first-order chi connectivity index (χ1) is 9.97. The molecule has 0 spiro atoms. The van der Waals surface area contributed by atoms with E-state index in [0.717, 1.165) is 12.8 Å². The van der Waals surface area contributed by atoms with Crippen LogP contribution in [0.5, 0.6) is 0 Å². The first kappa shape index (κ1) is 16.5. The molecule has 2 heterocycles. The highest BCUT2D eigenvalue weighted by Gasteiger charge is 2.26. The molecule has 2 unspecified atom stereocenters. The largest absolute Gasteiger partial charge is 0.390 e. The highest BCUT2D eigenvalue weighted by molar-refractivity contribution is 7.89. The van der Waals surface area contributed by atoms with Gasteiger partial charge in [-0.3, -0.25) is 0 Å². The molecule has 1 aliphatic rings. The van der Waals surface area contributed by atoms with Gasteiger partial charge < -0.3 is 14.4 Å². The molecule has 21 heavy (non-hydrogen) atoms. The normalized spacial score (nSPS) is 22.8. The Kier molecular flexibility index (Phi) is 5.43. The van der Waals surface area contributed by atoms with E-state index in [1.54, 1.807) is 10.8 Å². The Morgan fingerprint density at radius 2 is 2.29 bits per heavy atom. The molecule has 0 aromatic carbocycles. The van der Waals surface area contributed by atoms with Crippen molar-refractivity contribution in [3.63, 3.8) is 0 Å². The van der Waals surface area contributed by atoms with Gasteiger partial charge in [-0.1, -0.05) is 6.92 Å². The minimum atomic E-state index is -3.54. The molecule has 7 heteroatoms. The molecule has 0 aliphatic carbocycles. The van der Waals surface area contributed by atoms with E-state index in [1.807, 2.05) is 13.8 Å². The van der Waals surface area contributed by atoms with Crippen LogP contribution in [0, 0.1) is 5.92 Å². The number of rotatable bonds is 7. The van der Waals surface area contributed by atoms with Crippen molar-refractivity contribution in [2.75, 3.05) is 13.2 Å². The van der Waals surface area contributed by atoms with Crippen LogP contribution in [0.1, 0.15) is 32.4 Å². The van der Waals surface area contributed by atoms with Crippen LogP contribution in [0.2, 0.25) is 0 Å². The summed E-state index contributed by atoms with van der Waals surface area (Å²) in [6.07, 6.45) is 3.44. The van der Waals surface area contributed by atoms with Crippen LogP contribution in [0.4, 0.5) is 0 Å². The van der Waals surface area contributed by atoms with Crippen LogP contribution >= 0.6 is 0 Å². The standard InChI is InChI=1S/C14H24N2O4S/c1-3-5-16-9-14(7-13(16)10-17)21(18,19)15-8-12-4-6-20-11(12)2/h7,9,11-12,15,17H,3-6,8,10H2,1-2H3. The molecule has 0 saturated carbocycles. The van der Waals surface area contributed by atoms with Crippen molar-refractivity contribution in [2.24, 2.45) is 5.92 Å². The molecule has 1 saturated heterocycles. The summed E-state index contributed by atoms with van der Waals surface area (Å²) >= 11 is 0. The highest BCUT2D eigenvalue weighted by Crippen LogP contribution is 2.21. The van der Waals surface area contributed by atoms with Gasteiger partial charge in [-0.05, 0) is 25.8 Å². The van der Waals surface area contributed by atoms with E-state index in [-0.39, 0.29) is 23.5 Å². The third kappa shape index (κ3) is 3.85. The van der Waals surface area contributed by atoms with Crippen LogP contribution < -0.4 is 4.72 Å². The fourth-order valence-corrected chi connectivity index (χ4v) is 3.75. The van der Waals surface area contributed by atoms with Gasteiger partial charge >= 0.3 is 0 Å². The van der Waals surface area contributed by atoms with E-state index >= 15 is 0 Å². The summed E-state index contributed by atoms with van der Waals surface area (Å²) in [7, 11) is -3.54. The second kappa shape index (κ2) is 6.91. The second-order valence-electron chi connectivity index (χ2n) is 5.50. The molecule has 1 fully saturated rings. The van der Waals surface area contributed by atoms with Gasteiger partial charge in [-0.15, -0.1) is 0 Å². The zero-order valence-corrected chi connectivity index (χ0v) is 13.4. The Bertz CT molecular complexity index is 568. The molecule has 0 amide bonds. The van der Waals surface area contributed by atoms with Crippen LogP contribution in [0.25, 0.3) is 0 Å². The predicted molar refractivity (Wildman–Crippen MR) is 79.4 cm³/mol. The summed E-state index contributed by atoms with van der Waals surface area (Å²) in [4.78, 5) is 0.214. The van der Waals surface area contributed by atoms with E-state index in [2.05, 4.69) is 4.72 Å². The smallest absolute Gasteiger partial charge is 0.242 e. The fourth-order valence-electron chi connectivity index (χ4n) is 2.60. The van der Waals surface area contributed by atoms with Crippen molar-refractivity contribution in [2.45, 2.75) is 50.8 Å². The van der Waals surface area contributed by atoms with E-state index < -0.39 is 10.0 Å². The maximum atomic E-state index is 12.3. The zero-order valence-electron chi connectivity index (χ0n) is 12.6. The predicted octanol–water partition coefficient (Wildman–Crippen LogP) is 1.09. The maximum absolute atomic E-state index is 12.3. The van der Waals surface area contributed by atoms with Crippen molar-refractivity contribution in [3.05, 3.63) is 18.0 Å². The van der Waals surface area contributed by atoms with Crippen molar-refractivity contribution in [1.82, 2.24) is 9.29 Å². The third-order valence-corrected chi connectivity index (χ3v) is 5.36. The summed E-state index contributed by atoms with van der Waals surface area (Å²) in [5, 5.41) is 9.31. The van der Waals surface area contributed by atoms with Gasteiger partial charge in [-0.25, -0.2) is 13.1 Å². The summed E-state index contributed by atoms with van der Waals surface area (Å²) in [6.45, 7) is 5.58. The molecule has 2 atom stereocenters. The number of hydrogen-bond donors (Lipinski definition) is 2. The third-order valence-electron chi connectivity index (χ3n) is 3.97. The number of aryl methyl sites for hydroxylation is 1. The van der Waals surface area contributed by atoms with E-state index in [1.165, 1.54) is 6.07 Å². The number of hydrogen-bond acceptors (Lipinski definition) is 4. The molecule has 120 valence electrons. The fraction of sp³-hybridized carbons (Fsp3) is 0.714. The van der Waals surface area contributed by atoms with Gasteiger partial charge in [0.2, 0.25) is 10.0 Å². The zero-order chi connectivity index (χ0) is 15.5. The van der Waals surface area contributed by atoms with Crippen molar-refractivity contribution in [3.8, 4) is 0 Å². The van der Waals surface area contributed by atoms with Gasteiger partial charge in [0.1, 0.15) is 0 Å². The topological polar surface area (TPSA) is 80.6 Å². The number of aliphatic hydroxyl groups is 1. The lowest BCUT2D eigenvalue weighted by molar-refractivity contribution is 0.107. The summed E-state index contributed by atoms with van der Waals surface area (Å²) in [5.41, 5.74) is 0.620. The quantitative estimate of drug-likeness (QED) is 0.789. The summed E-state index contributed by atoms with van der Waals surface area (Å²) < 4.78 is 34.5. The summed E-state index contributed by atoms with van der Waals surface area (Å²) in [6, 6.07) is 1.53. The number of aromatic nitrogens is 1. The molecular formula is C14H24N2O4S. The molecule has 2 rings (SSSR count). The molecule has 2 N–H and O–H groups in total. The Labute approximate surface area is 126 Å². The SMILES string of the molecule is CCCn1cc(S(=O)(=O)NCC2CCOC2C)cc1CO. The van der Waals surface area contributed by atoms with Crippen molar-refractivity contribution >= 4 is 10.0 Å². The molecule has 1 aromatic heterocycles. The Hall–Kier alpha value is -0.890. The minimum Gasteiger partial charge on any atom is -0.390 e. The molecule has 0 bridgehead atoms. The number of nitrogens with zero attached hydrogens (tertiary/aromatic N) is 1. The number of nitrogens with one attached hydrogen (secondary N) is 1. The Morgan fingerprint density at radius 1 is 1.52 bits per heavy atom. The lowest BCUT2D eigenvalue weighted by atomic mass is 10.0. The van der Waals surface area contributed by atoms with Gasteiger partial charge in [0.15, 0.2) is 0 Å². The molecule has 0 radical (unpaired) electrons. The minimum absolute atomic E-state index is 0.0883. The molecule has 6 nitrogen and oxygen atoms in total. The molecule has 1 aromatic rings. The van der Waals surface area contributed by atoms with Crippen LogP contribution in [0.3, 0.4) is 0 Å². The van der Waals surface area contributed by atoms with Crippen LogP contribution in [-0.2, 0) is 27.9 Å². The van der Waals surface area contributed by atoms with Crippen LogP contribution in [0.15, 0.2) is 17.2 Å². The average molecular weight is 316 g/mol. The van der Waals surface area contributed by atoms with E-state index in [0.29, 0.717) is 25.4 Å². The first-order valence-electron chi connectivity index (χ1n) is 7.39. The van der Waals surface area contributed by atoms with Crippen LogP contribution in [-0.4, -0.2) is 37.3 Å². The first-order valence-corrected chi connectivity index (χ1v) is 8.87.